The summed E-state index contributed by atoms with van der Waals surface area (Å²) in [5.74, 6) is -0.104. The van der Waals surface area contributed by atoms with Crippen LogP contribution in [0.15, 0.2) is 23.4 Å². The Balaban J connectivity index is 2.25. The molecule has 1 atom stereocenters. The number of amidine groups is 1. The number of likely N-dealkylation sites (tertiary alicyclic amines) is 1. The van der Waals surface area contributed by atoms with Crippen molar-refractivity contribution in [2.24, 2.45) is 10.9 Å². The van der Waals surface area contributed by atoms with E-state index >= 15 is 0 Å². The summed E-state index contributed by atoms with van der Waals surface area (Å²) in [5.41, 5.74) is 5.99. The maximum Gasteiger partial charge on any atom is 0.254 e. The molecule has 1 aromatic rings. The van der Waals surface area contributed by atoms with Crippen LogP contribution in [0.2, 0.25) is 0 Å². The van der Waals surface area contributed by atoms with Crippen LogP contribution in [0.25, 0.3) is 0 Å². The SMILES string of the molecule is N/C(=N/O)C1CCCN1C(=O)c1ccc(I)c(O)c1. The Hall–Kier alpha value is -1.51. The highest BCUT2D eigenvalue weighted by Crippen LogP contribution is 2.24. The highest BCUT2D eigenvalue weighted by molar-refractivity contribution is 14.1. The van der Waals surface area contributed by atoms with Crippen LogP contribution in [0.1, 0.15) is 23.2 Å². The highest BCUT2D eigenvalue weighted by atomic mass is 127. The molecule has 0 aromatic heterocycles. The number of rotatable bonds is 2. The van der Waals surface area contributed by atoms with Crippen LogP contribution in [0, 0.1) is 3.57 Å². The first-order valence-electron chi connectivity index (χ1n) is 5.81. The number of hydrogen-bond acceptors (Lipinski definition) is 4. The zero-order chi connectivity index (χ0) is 14.0. The minimum Gasteiger partial charge on any atom is -0.507 e. The van der Waals surface area contributed by atoms with Crippen molar-refractivity contribution in [3.8, 4) is 5.75 Å². The van der Waals surface area contributed by atoms with Gasteiger partial charge >= 0.3 is 0 Å². The lowest BCUT2D eigenvalue weighted by molar-refractivity contribution is 0.0767. The molecule has 1 aliphatic heterocycles. The smallest absolute Gasteiger partial charge is 0.254 e. The molecule has 0 saturated carbocycles. The molecule has 0 spiro atoms. The number of amides is 1. The van der Waals surface area contributed by atoms with Crippen LogP contribution in [-0.4, -0.2) is 39.5 Å². The molecule has 1 fully saturated rings. The van der Waals surface area contributed by atoms with Gasteiger partial charge in [-0.15, -0.1) is 0 Å². The first kappa shape index (κ1) is 13.9. The lowest BCUT2D eigenvalue weighted by atomic mass is 10.1. The zero-order valence-corrected chi connectivity index (χ0v) is 12.2. The third kappa shape index (κ3) is 2.75. The normalized spacial score (nSPS) is 19.7. The molecular formula is C12H14IN3O3. The van der Waals surface area contributed by atoms with Crippen molar-refractivity contribution < 1.29 is 15.1 Å². The molecule has 1 aliphatic rings. The number of carbonyl (C=O) groups excluding carboxylic acids is 1. The Morgan fingerprint density at radius 2 is 2.26 bits per heavy atom. The average molecular weight is 375 g/mol. The van der Waals surface area contributed by atoms with Gasteiger partial charge in [0.1, 0.15) is 5.75 Å². The number of oxime groups is 1. The summed E-state index contributed by atoms with van der Waals surface area (Å²) < 4.78 is 0.684. The van der Waals surface area contributed by atoms with E-state index in [1.807, 2.05) is 22.6 Å². The van der Waals surface area contributed by atoms with Gasteiger partial charge in [-0.25, -0.2) is 0 Å². The van der Waals surface area contributed by atoms with E-state index in [1.165, 1.54) is 6.07 Å². The first-order valence-corrected chi connectivity index (χ1v) is 6.89. The summed E-state index contributed by atoms with van der Waals surface area (Å²) >= 11 is 1.99. The molecule has 0 radical (unpaired) electrons. The molecule has 1 amide bonds. The van der Waals surface area contributed by atoms with Crippen LogP contribution in [0.3, 0.4) is 0 Å². The van der Waals surface area contributed by atoms with Gasteiger partial charge in [-0.3, -0.25) is 4.79 Å². The van der Waals surface area contributed by atoms with E-state index in [0.29, 0.717) is 22.1 Å². The third-order valence-corrected chi connectivity index (χ3v) is 4.08. The van der Waals surface area contributed by atoms with E-state index in [2.05, 4.69) is 5.16 Å². The molecule has 19 heavy (non-hydrogen) atoms. The van der Waals surface area contributed by atoms with Gasteiger partial charge < -0.3 is 20.9 Å². The summed E-state index contributed by atoms with van der Waals surface area (Å²) in [6, 6.07) is 4.40. The number of benzene rings is 1. The lowest BCUT2D eigenvalue weighted by Crippen LogP contribution is -2.43. The second kappa shape index (κ2) is 5.64. The number of phenols is 1. The van der Waals surface area contributed by atoms with Crippen molar-refractivity contribution in [2.75, 3.05) is 6.54 Å². The van der Waals surface area contributed by atoms with Crippen LogP contribution < -0.4 is 5.73 Å². The van der Waals surface area contributed by atoms with Gasteiger partial charge in [0.05, 0.1) is 9.61 Å². The molecular weight excluding hydrogens is 361 g/mol. The van der Waals surface area contributed by atoms with E-state index in [9.17, 15) is 9.90 Å². The molecule has 7 heteroatoms. The second-order valence-electron chi connectivity index (χ2n) is 4.35. The van der Waals surface area contributed by atoms with E-state index in [0.717, 1.165) is 6.42 Å². The number of nitrogens with zero attached hydrogens (tertiary/aromatic N) is 2. The summed E-state index contributed by atoms with van der Waals surface area (Å²) in [6.07, 6.45) is 1.49. The van der Waals surface area contributed by atoms with Crippen LogP contribution in [0.4, 0.5) is 0 Å². The molecule has 1 saturated heterocycles. The summed E-state index contributed by atoms with van der Waals surface area (Å²) in [4.78, 5) is 13.9. The van der Waals surface area contributed by atoms with Gasteiger partial charge in [-0.2, -0.15) is 0 Å². The Morgan fingerprint density at radius 1 is 1.53 bits per heavy atom. The Labute approximate surface area is 124 Å². The van der Waals surface area contributed by atoms with Gasteiger partial charge in [0.2, 0.25) is 0 Å². The fourth-order valence-corrected chi connectivity index (χ4v) is 2.53. The standard InChI is InChI=1S/C12H14IN3O3/c13-8-4-3-7(6-10(8)17)12(18)16-5-1-2-9(16)11(14)15-19/h3-4,6,9,17,19H,1-2,5H2,(H2,14,15). The van der Waals surface area contributed by atoms with Crippen molar-refractivity contribution >= 4 is 34.3 Å². The van der Waals surface area contributed by atoms with Crippen molar-refractivity contribution in [3.05, 3.63) is 27.3 Å². The molecule has 0 bridgehead atoms. The second-order valence-corrected chi connectivity index (χ2v) is 5.51. The van der Waals surface area contributed by atoms with Crippen molar-refractivity contribution in [1.29, 1.82) is 0 Å². The van der Waals surface area contributed by atoms with E-state index in [-0.39, 0.29) is 23.5 Å². The average Bonchev–Trinajstić information content (AvgIpc) is 2.89. The minimum atomic E-state index is -0.376. The molecule has 2 rings (SSSR count). The molecule has 102 valence electrons. The molecule has 0 aliphatic carbocycles. The summed E-state index contributed by atoms with van der Waals surface area (Å²) in [5, 5.41) is 21.4. The van der Waals surface area contributed by atoms with Gasteiger partial charge in [0, 0.05) is 12.1 Å². The molecule has 1 heterocycles. The topological polar surface area (TPSA) is 99.2 Å². The maximum atomic E-state index is 12.4. The number of aromatic hydroxyl groups is 1. The molecule has 1 aromatic carbocycles. The lowest BCUT2D eigenvalue weighted by Gasteiger charge is -2.23. The number of phenolic OH excluding ortho intramolecular Hbond substituents is 1. The van der Waals surface area contributed by atoms with Gasteiger partial charge in [0.15, 0.2) is 5.84 Å². The van der Waals surface area contributed by atoms with Gasteiger partial charge in [-0.05, 0) is 53.6 Å². The van der Waals surface area contributed by atoms with Crippen LogP contribution in [0.5, 0.6) is 5.75 Å². The summed E-state index contributed by atoms with van der Waals surface area (Å²) in [6.45, 7) is 0.562. The van der Waals surface area contributed by atoms with E-state index < -0.39 is 0 Å². The van der Waals surface area contributed by atoms with Crippen molar-refractivity contribution in [2.45, 2.75) is 18.9 Å². The third-order valence-electron chi connectivity index (χ3n) is 3.16. The van der Waals surface area contributed by atoms with Crippen molar-refractivity contribution in [3.63, 3.8) is 0 Å². The number of nitrogens with two attached hydrogens (primary N) is 1. The minimum absolute atomic E-state index is 0.0422. The molecule has 6 nitrogen and oxygen atoms in total. The highest BCUT2D eigenvalue weighted by Gasteiger charge is 2.32. The molecule has 1 unspecified atom stereocenters. The van der Waals surface area contributed by atoms with E-state index in [1.54, 1.807) is 17.0 Å². The predicted octanol–water partition coefficient (Wildman–Crippen LogP) is 1.35. The van der Waals surface area contributed by atoms with Crippen LogP contribution in [-0.2, 0) is 0 Å². The largest absolute Gasteiger partial charge is 0.507 e. The fraction of sp³-hybridized carbons (Fsp3) is 0.333. The number of halogens is 1. The maximum absolute atomic E-state index is 12.4. The molecule has 4 N–H and O–H groups in total. The van der Waals surface area contributed by atoms with Gasteiger partial charge in [-0.1, -0.05) is 5.16 Å². The van der Waals surface area contributed by atoms with Crippen LogP contribution >= 0.6 is 22.6 Å². The summed E-state index contributed by atoms with van der Waals surface area (Å²) in [7, 11) is 0. The monoisotopic (exact) mass is 375 g/mol. The fourth-order valence-electron chi connectivity index (χ4n) is 2.20. The first-order chi connectivity index (χ1) is 9.04. The van der Waals surface area contributed by atoms with Gasteiger partial charge in [0.25, 0.3) is 5.91 Å². The number of hydrogen-bond donors (Lipinski definition) is 3. The Kier molecular flexibility index (Phi) is 4.13. The quantitative estimate of drug-likeness (QED) is 0.239. The Morgan fingerprint density at radius 3 is 2.89 bits per heavy atom. The van der Waals surface area contributed by atoms with E-state index in [4.69, 9.17) is 10.9 Å². The zero-order valence-electron chi connectivity index (χ0n) is 10.1. The Bertz CT molecular complexity index is 533. The predicted molar refractivity (Wildman–Crippen MR) is 78.3 cm³/mol. The number of carbonyl (C=O) groups is 1. The van der Waals surface area contributed by atoms with Crippen molar-refractivity contribution in [1.82, 2.24) is 4.90 Å².